The normalized spacial score (nSPS) is 14.3. The topological polar surface area (TPSA) is 33.4 Å². The van der Waals surface area contributed by atoms with Crippen molar-refractivity contribution >= 4 is 11.0 Å². The van der Waals surface area contributed by atoms with Crippen molar-refractivity contribution in [1.82, 2.24) is 0 Å². The predicted molar refractivity (Wildman–Crippen MR) is 75.9 cm³/mol. The van der Waals surface area contributed by atoms with Crippen LogP contribution in [0.25, 0.3) is 11.0 Å². The molecule has 20 heavy (non-hydrogen) atoms. The number of para-hydroxylation sites is 1. The molecule has 0 spiro atoms. The van der Waals surface area contributed by atoms with Crippen LogP contribution in [0.1, 0.15) is 18.2 Å². The summed E-state index contributed by atoms with van der Waals surface area (Å²) in [6.07, 6.45) is 0.368. The van der Waals surface area contributed by atoms with E-state index in [-0.39, 0.29) is 5.82 Å². The van der Waals surface area contributed by atoms with Gasteiger partial charge in [0, 0.05) is 11.8 Å². The lowest BCUT2D eigenvalue weighted by molar-refractivity contribution is 0.0360. The number of rotatable bonds is 3. The molecule has 0 radical (unpaired) electrons. The van der Waals surface area contributed by atoms with Crippen LogP contribution in [-0.2, 0) is 12.0 Å². The fourth-order valence-corrected chi connectivity index (χ4v) is 2.33. The van der Waals surface area contributed by atoms with E-state index in [4.69, 9.17) is 4.42 Å². The third kappa shape index (κ3) is 2.45. The first kappa shape index (κ1) is 12.9. The molecule has 3 rings (SSSR count). The van der Waals surface area contributed by atoms with E-state index in [1.165, 1.54) is 12.1 Å². The van der Waals surface area contributed by atoms with Crippen molar-refractivity contribution in [2.75, 3.05) is 0 Å². The van der Waals surface area contributed by atoms with Crippen LogP contribution in [0.2, 0.25) is 0 Å². The van der Waals surface area contributed by atoms with Gasteiger partial charge in [0.05, 0.1) is 0 Å². The summed E-state index contributed by atoms with van der Waals surface area (Å²) < 4.78 is 18.6. The molecule has 0 bridgehead atoms. The van der Waals surface area contributed by atoms with Gasteiger partial charge in [0.2, 0.25) is 0 Å². The summed E-state index contributed by atoms with van der Waals surface area (Å²) in [5.74, 6) is 0.236. The van der Waals surface area contributed by atoms with Crippen LogP contribution < -0.4 is 0 Å². The first-order valence-corrected chi connectivity index (χ1v) is 6.50. The standard InChI is InChI=1S/C17H15FO2/c1-17(19,11-12-6-8-14(18)9-7-12)16-10-13-4-2-3-5-15(13)20-16/h2-10,19H,11H2,1H3. The van der Waals surface area contributed by atoms with E-state index >= 15 is 0 Å². The zero-order valence-corrected chi connectivity index (χ0v) is 11.1. The van der Waals surface area contributed by atoms with Crippen molar-refractivity contribution < 1.29 is 13.9 Å². The minimum Gasteiger partial charge on any atom is -0.458 e. The molecule has 102 valence electrons. The van der Waals surface area contributed by atoms with Crippen molar-refractivity contribution in [1.29, 1.82) is 0 Å². The minimum atomic E-state index is -1.13. The molecule has 1 atom stereocenters. The Morgan fingerprint density at radius 1 is 1.10 bits per heavy atom. The Labute approximate surface area is 116 Å². The molecule has 0 aliphatic heterocycles. The predicted octanol–water partition coefficient (Wildman–Crippen LogP) is 4.02. The quantitative estimate of drug-likeness (QED) is 0.779. The smallest absolute Gasteiger partial charge is 0.136 e. The summed E-state index contributed by atoms with van der Waals surface area (Å²) in [6.45, 7) is 1.70. The Hall–Kier alpha value is -2.13. The molecule has 2 aromatic carbocycles. The van der Waals surface area contributed by atoms with Gasteiger partial charge in [-0.1, -0.05) is 30.3 Å². The lowest BCUT2D eigenvalue weighted by Gasteiger charge is -2.20. The molecule has 2 nitrogen and oxygen atoms in total. The molecule has 0 aliphatic carbocycles. The molecule has 0 fully saturated rings. The first-order chi connectivity index (χ1) is 9.54. The number of halogens is 1. The molecule has 3 heteroatoms. The average molecular weight is 270 g/mol. The zero-order chi connectivity index (χ0) is 14.2. The van der Waals surface area contributed by atoms with E-state index in [2.05, 4.69) is 0 Å². The van der Waals surface area contributed by atoms with Crippen LogP contribution in [0.15, 0.2) is 59.0 Å². The van der Waals surface area contributed by atoms with Crippen LogP contribution in [0.5, 0.6) is 0 Å². The second kappa shape index (κ2) is 4.76. The number of fused-ring (bicyclic) bond motifs is 1. The third-order valence-corrected chi connectivity index (χ3v) is 3.42. The molecule has 0 amide bonds. The van der Waals surface area contributed by atoms with Crippen molar-refractivity contribution in [3.05, 3.63) is 71.7 Å². The van der Waals surface area contributed by atoms with Crippen molar-refractivity contribution in [3.63, 3.8) is 0 Å². The van der Waals surface area contributed by atoms with Crippen LogP contribution in [0.4, 0.5) is 4.39 Å². The molecule has 1 aromatic heterocycles. The van der Waals surface area contributed by atoms with Crippen molar-refractivity contribution in [2.45, 2.75) is 18.9 Å². The SMILES string of the molecule is CC(O)(Cc1ccc(F)cc1)c1cc2ccccc2o1. The van der Waals surface area contributed by atoms with Gasteiger partial charge in [-0.25, -0.2) is 4.39 Å². The van der Waals surface area contributed by atoms with Gasteiger partial charge >= 0.3 is 0 Å². The van der Waals surface area contributed by atoms with Gasteiger partial charge in [0.25, 0.3) is 0 Å². The number of hydrogen-bond acceptors (Lipinski definition) is 2. The van der Waals surface area contributed by atoms with Crippen molar-refractivity contribution in [2.24, 2.45) is 0 Å². The van der Waals surface area contributed by atoms with E-state index < -0.39 is 5.60 Å². The van der Waals surface area contributed by atoms with Crippen LogP contribution in [0, 0.1) is 5.82 Å². The van der Waals surface area contributed by atoms with Gasteiger partial charge in [0.1, 0.15) is 22.8 Å². The number of hydrogen-bond donors (Lipinski definition) is 1. The van der Waals surface area contributed by atoms with Crippen molar-refractivity contribution in [3.8, 4) is 0 Å². The van der Waals surface area contributed by atoms with Gasteiger partial charge in [-0.3, -0.25) is 0 Å². The summed E-state index contributed by atoms with van der Waals surface area (Å²) in [7, 11) is 0. The second-order valence-corrected chi connectivity index (χ2v) is 5.23. The highest BCUT2D eigenvalue weighted by molar-refractivity contribution is 5.77. The van der Waals surface area contributed by atoms with E-state index in [1.54, 1.807) is 19.1 Å². The number of furan rings is 1. The van der Waals surface area contributed by atoms with Gasteiger partial charge < -0.3 is 9.52 Å². The largest absolute Gasteiger partial charge is 0.458 e. The molecule has 0 aliphatic rings. The highest BCUT2D eigenvalue weighted by Crippen LogP contribution is 2.30. The highest BCUT2D eigenvalue weighted by atomic mass is 19.1. The molecule has 0 saturated heterocycles. The summed E-state index contributed by atoms with van der Waals surface area (Å²) >= 11 is 0. The molecular formula is C17H15FO2. The second-order valence-electron chi connectivity index (χ2n) is 5.23. The molecule has 1 unspecified atom stereocenters. The maximum Gasteiger partial charge on any atom is 0.136 e. The maximum absolute atomic E-state index is 12.9. The molecule has 1 heterocycles. The van der Waals surface area contributed by atoms with E-state index in [9.17, 15) is 9.50 Å². The Bertz CT molecular complexity index is 693. The Balaban J connectivity index is 1.92. The summed E-state index contributed by atoms with van der Waals surface area (Å²) in [5, 5.41) is 11.6. The Morgan fingerprint density at radius 3 is 2.50 bits per heavy atom. The van der Waals surface area contributed by atoms with Gasteiger partial charge in [-0.15, -0.1) is 0 Å². The lowest BCUT2D eigenvalue weighted by Crippen LogP contribution is -2.23. The first-order valence-electron chi connectivity index (χ1n) is 6.50. The zero-order valence-electron chi connectivity index (χ0n) is 11.1. The fraction of sp³-hybridized carbons (Fsp3) is 0.176. The van der Waals surface area contributed by atoms with E-state index in [0.29, 0.717) is 12.2 Å². The van der Waals surface area contributed by atoms with Crippen LogP contribution in [-0.4, -0.2) is 5.11 Å². The maximum atomic E-state index is 12.9. The molecule has 3 aromatic rings. The number of benzene rings is 2. The van der Waals surface area contributed by atoms with E-state index in [0.717, 1.165) is 16.5 Å². The van der Waals surface area contributed by atoms with Gasteiger partial charge in [0.15, 0.2) is 0 Å². The minimum absolute atomic E-state index is 0.280. The van der Waals surface area contributed by atoms with Gasteiger partial charge in [-0.2, -0.15) is 0 Å². The molecular weight excluding hydrogens is 255 g/mol. The fourth-order valence-electron chi connectivity index (χ4n) is 2.33. The Morgan fingerprint density at radius 2 is 1.80 bits per heavy atom. The van der Waals surface area contributed by atoms with Crippen LogP contribution in [0.3, 0.4) is 0 Å². The summed E-state index contributed by atoms with van der Waals surface area (Å²) in [5.41, 5.74) is 0.482. The molecule has 1 N–H and O–H groups in total. The summed E-state index contributed by atoms with van der Waals surface area (Å²) in [6, 6.07) is 15.6. The van der Waals surface area contributed by atoms with E-state index in [1.807, 2.05) is 30.3 Å². The van der Waals surface area contributed by atoms with Crippen LogP contribution >= 0.6 is 0 Å². The van der Waals surface area contributed by atoms with Gasteiger partial charge in [-0.05, 0) is 36.8 Å². The summed E-state index contributed by atoms with van der Waals surface area (Å²) in [4.78, 5) is 0. The monoisotopic (exact) mass is 270 g/mol. The molecule has 0 saturated carbocycles. The highest BCUT2D eigenvalue weighted by Gasteiger charge is 2.27. The third-order valence-electron chi connectivity index (χ3n) is 3.42. The lowest BCUT2D eigenvalue weighted by atomic mass is 9.94. The average Bonchev–Trinajstić information content (AvgIpc) is 2.86. The Kier molecular flexibility index (Phi) is 3.07. The number of aliphatic hydroxyl groups is 1.